The van der Waals surface area contributed by atoms with Crippen molar-refractivity contribution in [2.24, 2.45) is 5.41 Å². The van der Waals surface area contributed by atoms with Gasteiger partial charge in [0.2, 0.25) is 0 Å². The van der Waals surface area contributed by atoms with Crippen LogP contribution in [-0.4, -0.2) is 23.8 Å². The molecule has 1 heterocycles. The molecule has 1 aliphatic carbocycles. The zero-order valence-corrected chi connectivity index (χ0v) is 10.0. The first-order valence-electron chi connectivity index (χ1n) is 6.58. The predicted molar refractivity (Wildman–Crippen MR) is 64.3 cm³/mol. The van der Waals surface area contributed by atoms with Gasteiger partial charge in [0.15, 0.2) is 0 Å². The molecule has 15 heavy (non-hydrogen) atoms. The Hall–Kier alpha value is -0.530. The van der Waals surface area contributed by atoms with Crippen molar-refractivity contribution >= 4 is 5.84 Å². The number of nitrogens with one attached hydrogen (secondary N) is 1. The van der Waals surface area contributed by atoms with Crippen LogP contribution in [0.3, 0.4) is 0 Å². The fourth-order valence-electron chi connectivity index (χ4n) is 3.27. The summed E-state index contributed by atoms with van der Waals surface area (Å²) in [5.74, 6) is 0.880. The molecule has 1 aliphatic heterocycles. The minimum atomic E-state index is 0.697. The Kier molecular flexibility index (Phi) is 3.32. The fourth-order valence-corrected chi connectivity index (χ4v) is 3.27. The van der Waals surface area contributed by atoms with Gasteiger partial charge in [-0.15, -0.1) is 0 Å². The lowest BCUT2D eigenvalue weighted by atomic mass is 9.77. The van der Waals surface area contributed by atoms with Crippen LogP contribution in [0.1, 0.15) is 58.3 Å². The lowest BCUT2D eigenvalue weighted by molar-refractivity contribution is 0.152. The highest BCUT2D eigenvalue weighted by Gasteiger charge is 2.37. The number of hydrogen-bond acceptors (Lipinski definition) is 1. The second kappa shape index (κ2) is 4.54. The summed E-state index contributed by atoms with van der Waals surface area (Å²) < 4.78 is 0. The van der Waals surface area contributed by atoms with Gasteiger partial charge in [0, 0.05) is 19.5 Å². The average molecular weight is 208 g/mol. The fraction of sp³-hybridized carbons (Fsp3) is 0.923. The molecule has 2 aliphatic rings. The maximum atomic E-state index is 7.97. The van der Waals surface area contributed by atoms with Crippen molar-refractivity contribution < 1.29 is 0 Å². The monoisotopic (exact) mass is 208 g/mol. The van der Waals surface area contributed by atoms with Crippen LogP contribution in [0.25, 0.3) is 0 Å². The van der Waals surface area contributed by atoms with Crippen LogP contribution in [-0.2, 0) is 0 Å². The summed E-state index contributed by atoms with van der Waals surface area (Å²) in [6.45, 7) is 4.47. The molecular weight excluding hydrogens is 184 g/mol. The maximum Gasteiger partial charge on any atom is 0.0957 e. The quantitative estimate of drug-likeness (QED) is 0.546. The second-order valence-electron chi connectivity index (χ2n) is 5.39. The lowest BCUT2D eigenvalue weighted by Gasteiger charge is -2.40. The highest BCUT2D eigenvalue weighted by Crippen LogP contribution is 2.46. The van der Waals surface area contributed by atoms with Gasteiger partial charge in [-0.25, -0.2) is 0 Å². The third-order valence-electron chi connectivity index (χ3n) is 4.36. The van der Waals surface area contributed by atoms with E-state index in [1.807, 2.05) is 0 Å². The molecule has 1 N–H and O–H groups in total. The molecule has 2 heteroatoms. The van der Waals surface area contributed by atoms with E-state index in [9.17, 15) is 0 Å². The third kappa shape index (κ3) is 2.35. The molecular formula is C13H24N2. The first-order chi connectivity index (χ1) is 7.26. The van der Waals surface area contributed by atoms with Crippen LogP contribution >= 0.6 is 0 Å². The summed E-state index contributed by atoms with van der Waals surface area (Å²) in [5.41, 5.74) is 0.697. The molecule has 0 radical (unpaired) electrons. The summed E-state index contributed by atoms with van der Waals surface area (Å²) >= 11 is 0. The van der Waals surface area contributed by atoms with E-state index in [4.69, 9.17) is 5.41 Å². The first kappa shape index (κ1) is 11.0. The number of nitrogens with zero attached hydrogens (tertiary/aromatic N) is 1. The molecule has 1 saturated carbocycles. The zero-order valence-electron chi connectivity index (χ0n) is 10.0. The Balaban J connectivity index is 1.83. The summed E-state index contributed by atoms with van der Waals surface area (Å²) in [7, 11) is 0. The van der Waals surface area contributed by atoms with Crippen LogP contribution in [0.15, 0.2) is 0 Å². The Morgan fingerprint density at radius 3 is 2.27 bits per heavy atom. The van der Waals surface area contributed by atoms with Crippen LogP contribution in [0.5, 0.6) is 0 Å². The smallest absolute Gasteiger partial charge is 0.0957 e. The van der Waals surface area contributed by atoms with Crippen LogP contribution < -0.4 is 0 Å². The Bertz CT molecular complexity index is 219. The maximum absolute atomic E-state index is 7.97. The number of likely N-dealkylation sites (tertiary alicyclic amines) is 1. The summed E-state index contributed by atoms with van der Waals surface area (Å²) in [6, 6.07) is 0. The molecule has 0 aromatic heterocycles. The number of rotatable bonds is 2. The number of piperidine rings is 1. The van der Waals surface area contributed by atoms with Crippen LogP contribution in [0, 0.1) is 10.8 Å². The van der Waals surface area contributed by atoms with E-state index >= 15 is 0 Å². The van der Waals surface area contributed by atoms with E-state index in [-0.39, 0.29) is 0 Å². The van der Waals surface area contributed by atoms with E-state index in [1.165, 1.54) is 38.5 Å². The van der Waals surface area contributed by atoms with Gasteiger partial charge in [-0.1, -0.05) is 19.8 Å². The number of hydrogen-bond donors (Lipinski definition) is 1. The normalized spacial score (nSPS) is 24.7. The van der Waals surface area contributed by atoms with Crippen LogP contribution in [0.2, 0.25) is 0 Å². The lowest BCUT2D eigenvalue weighted by Crippen LogP contribution is -2.41. The van der Waals surface area contributed by atoms with Crippen molar-refractivity contribution in [3.8, 4) is 0 Å². The van der Waals surface area contributed by atoms with Crippen molar-refractivity contribution in [2.45, 2.75) is 58.3 Å². The molecule has 2 nitrogen and oxygen atoms in total. The standard InChI is InChI=1S/C13H24N2/c1-2-5-12(14)15-10-8-13(9-11-15)6-3-4-7-13/h14H,2-11H2,1H3. The summed E-state index contributed by atoms with van der Waals surface area (Å²) in [4.78, 5) is 2.31. The van der Waals surface area contributed by atoms with Crippen molar-refractivity contribution in [1.29, 1.82) is 5.41 Å². The van der Waals surface area contributed by atoms with Gasteiger partial charge in [0.05, 0.1) is 5.84 Å². The largest absolute Gasteiger partial charge is 0.361 e. The molecule has 1 saturated heterocycles. The van der Waals surface area contributed by atoms with E-state index in [0.717, 1.165) is 31.8 Å². The minimum Gasteiger partial charge on any atom is -0.361 e. The van der Waals surface area contributed by atoms with E-state index in [0.29, 0.717) is 5.41 Å². The second-order valence-corrected chi connectivity index (χ2v) is 5.39. The molecule has 0 aromatic carbocycles. The summed E-state index contributed by atoms with van der Waals surface area (Å²) in [5, 5.41) is 7.97. The van der Waals surface area contributed by atoms with E-state index < -0.39 is 0 Å². The Morgan fingerprint density at radius 1 is 1.13 bits per heavy atom. The molecule has 0 unspecified atom stereocenters. The van der Waals surface area contributed by atoms with E-state index in [1.54, 1.807) is 0 Å². The average Bonchev–Trinajstić information content (AvgIpc) is 2.68. The molecule has 0 amide bonds. The Labute approximate surface area is 93.6 Å². The van der Waals surface area contributed by atoms with Crippen molar-refractivity contribution in [1.82, 2.24) is 4.90 Å². The third-order valence-corrected chi connectivity index (χ3v) is 4.36. The van der Waals surface area contributed by atoms with Gasteiger partial charge >= 0.3 is 0 Å². The minimum absolute atomic E-state index is 0.697. The van der Waals surface area contributed by atoms with Gasteiger partial charge in [-0.2, -0.15) is 0 Å². The van der Waals surface area contributed by atoms with Gasteiger partial charge in [-0.05, 0) is 37.5 Å². The highest BCUT2D eigenvalue weighted by molar-refractivity contribution is 5.79. The summed E-state index contributed by atoms with van der Waals surface area (Å²) in [6.07, 6.45) is 10.6. The molecule has 1 spiro atoms. The molecule has 0 atom stereocenters. The molecule has 0 bridgehead atoms. The van der Waals surface area contributed by atoms with Gasteiger partial charge in [0.1, 0.15) is 0 Å². The van der Waals surface area contributed by atoms with E-state index in [2.05, 4.69) is 11.8 Å². The highest BCUT2D eigenvalue weighted by atomic mass is 15.2. The van der Waals surface area contributed by atoms with Gasteiger partial charge in [0.25, 0.3) is 0 Å². The zero-order chi connectivity index (χ0) is 10.7. The SMILES string of the molecule is CCCC(=N)N1CCC2(CCCC2)CC1. The van der Waals surface area contributed by atoms with Crippen LogP contribution in [0.4, 0.5) is 0 Å². The van der Waals surface area contributed by atoms with Crippen molar-refractivity contribution in [3.05, 3.63) is 0 Å². The predicted octanol–water partition coefficient (Wildman–Crippen LogP) is 3.42. The molecule has 2 rings (SSSR count). The number of amidine groups is 1. The van der Waals surface area contributed by atoms with Crippen molar-refractivity contribution in [3.63, 3.8) is 0 Å². The first-order valence-corrected chi connectivity index (χ1v) is 6.58. The molecule has 86 valence electrons. The van der Waals surface area contributed by atoms with Gasteiger partial charge < -0.3 is 4.90 Å². The molecule has 0 aromatic rings. The van der Waals surface area contributed by atoms with Crippen molar-refractivity contribution in [2.75, 3.05) is 13.1 Å². The Morgan fingerprint density at radius 2 is 1.73 bits per heavy atom. The topological polar surface area (TPSA) is 27.1 Å². The van der Waals surface area contributed by atoms with Gasteiger partial charge in [-0.3, -0.25) is 5.41 Å². The molecule has 2 fully saturated rings.